The van der Waals surface area contributed by atoms with Gasteiger partial charge < -0.3 is 10.6 Å². The quantitative estimate of drug-likeness (QED) is 0.298. The minimum atomic E-state index is 0. The van der Waals surface area contributed by atoms with Gasteiger partial charge in [-0.1, -0.05) is 20.3 Å². The molecule has 1 saturated carbocycles. The molecule has 0 unspecified atom stereocenters. The molecular formula is C13H29IN4. The van der Waals surface area contributed by atoms with Gasteiger partial charge in [0.15, 0.2) is 5.96 Å². The maximum Gasteiger partial charge on any atom is 0.191 e. The normalized spacial score (nSPS) is 15.4. The van der Waals surface area contributed by atoms with Crippen LogP contribution in [0.3, 0.4) is 0 Å². The van der Waals surface area contributed by atoms with Crippen molar-refractivity contribution in [2.24, 2.45) is 4.99 Å². The SMILES string of the molecule is CCCCNC(=NC)NCCN(CC)C1CC1.I. The van der Waals surface area contributed by atoms with Crippen LogP contribution in [-0.4, -0.2) is 50.1 Å². The third kappa shape index (κ3) is 7.41. The Hall–Kier alpha value is -0.0400. The van der Waals surface area contributed by atoms with Crippen molar-refractivity contribution < 1.29 is 0 Å². The summed E-state index contributed by atoms with van der Waals surface area (Å²) in [7, 11) is 1.83. The van der Waals surface area contributed by atoms with Crippen LogP contribution in [0.2, 0.25) is 0 Å². The van der Waals surface area contributed by atoms with Crippen molar-refractivity contribution in [1.82, 2.24) is 15.5 Å². The average molecular weight is 368 g/mol. The van der Waals surface area contributed by atoms with Gasteiger partial charge in [0.1, 0.15) is 0 Å². The van der Waals surface area contributed by atoms with Crippen molar-refractivity contribution in [2.45, 2.75) is 45.6 Å². The average Bonchev–Trinajstić information content (AvgIpc) is 3.17. The number of nitrogens with one attached hydrogen (secondary N) is 2. The zero-order chi connectivity index (χ0) is 12.5. The van der Waals surface area contributed by atoms with Gasteiger partial charge in [0.25, 0.3) is 0 Å². The lowest BCUT2D eigenvalue weighted by molar-refractivity contribution is 0.282. The molecule has 0 bridgehead atoms. The van der Waals surface area contributed by atoms with Gasteiger partial charge >= 0.3 is 0 Å². The molecule has 0 aliphatic heterocycles. The molecule has 5 heteroatoms. The van der Waals surface area contributed by atoms with E-state index in [-0.39, 0.29) is 24.0 Å². The molecule has 1 rings (SSSR count). The number of halogens is 1. The summed E-state index contributed by atoms with van der Waals surface area (Å²) in [5, 5.41) is 6.70. The highest BCUT2D eigenvalue weighted by molar-refractivity contribution is 14.0. The van der Waals surface area contributed by atoms with Crippen LogP contribution < -0.4 is 10.6 Å². The summed E-state index contributed by atoms with van der Waals surface area (Å²) in [6, 6.07) is 0.858. The van der Waals surface area contributed by atoms with E-state index in [9.17, 15) is 0 Å². The van der Waals surface area contributed by atoms with E-state index < -0.39 is 0 Å². The third-order valence-electron chi connectivity index (χ3n) is 3.21. The molecule has 0 heterocycles. The maximum atomic E-state index is 4.22. The van der Waals surface area contributed by atoms with E-state index in [1.807, 2.05) is 7.05 Å². The van der Waals surface area contributed by atoms with Gasteiger partial charge in [0, 0.05) is 32.7 Å². The lowest BCUT2D eigenvalue weighted by atomic mass is 10.3. The largest absolute Gasteiger partial charge is 0.356 e. The molecule has 0 amide bonds. The molecule has 0 atom stereocenters. The zero-order valence-corrected chi connectivity index (χ0v) is 14.4. The first-order valence-corrected chi connectivity index (χ1v) is 7.00. The molecule has 4 nitrogen and oxygen atoms in total. The van der Waals surface area contributed by atoms with Crippen molar-refractivity contribution in [3.63, 3.8) is 0 Å². The molecule has 1 fully saturated rings. The molecule has 18 heavy (non-hydrogen) atoms. The molecule has 108 valence electrons. The Bertz CT molecular complexity index is 229. The van der Waals surface area contributed by atoms with Crippen LogP contribution >= 0.6 is 24.0 Å². The Balaban J connectivity index is 0.00000289. The molecule has 0 aromatic carbocycles. The minimum Gasteiger partial charge on any atom is -0.356 e. The Morgan fingerprint density at radius 2 is 1.89 bits per heavy atom. The van der Waals surface area contributed by atoms with Crippen molar-refractivity contribution in [3.05, 3.63) is 0 Å². The number of aliphatic imine (C=N–C) groups is 1. The summed E-state index contributed by atoms with van der Waals surface area (Å²) in [4.78, 5) is 6.77. The van der Waals surface area contributed by atoms with Gasteiger partial charge in [-0.2, -0.15) is 0 Å². The first kappa shape index (κ1) is 18.0. The van der Waals surface area contributed by atoms with E-state index >= 15 is 0 Å². The lowest BCUT2D eigenvalue weighted by Gasteiger charge is -2.20. The third-order valence-corrected chi connectivity index (χ3v) is 3.21. The van der Waals surface area contributed by atoms with Crippen LogP contribution in [0.25, 0.3) is 0 Å². The Kier molecular flexibility index (Phi) is 10.8. The number of hydrogen-bond acceptors (Lipinski definition) is 2. The molecule has 1 aliphatic carbocycles. The lowest BCUT2D eigenvalue weighted by Crippen LogP contribution is -2.42. The molecule has 0 spiro atoms. The maximum absolute atomic E-state index is 4.22. The summed E-state index contributed by atoms with van der Waals surface area (Å²) in [6.07, 6.45) is 5.19. The van der Waals surface area contributed by atoms with E-state index in [0.717, 1.165) is 38.2 Å². The highest BCUT2D eigenvalue weighted by atomic mass is 127. The molecule has 0 radical (unpaired) electrons. The number of likely N-dealkylation sites (N-methyl/N-ethyl adjacent to an activating group) is 1. The van der Waals surface area contributed by atoms with E-state index in [4.69, 9.17) is 0 Å². The summed E-state index contributed by atoms with van der Waals surface area (Å²) in [5.74, 6) is 0.935. The first-order valence-electron chi connectivity index (χ1n) is 7.00. The van der Waals surface area contributed by atoms with Crippen LogP contribution in [0, 0.1) is 0 Å². The molecule has 1 aliphatic rings. The number of hydrogen-bond donors (Lipinski definition) is 2. The highest BCUT2D eigenvalue weighted by Crippen LogP contribution is 2.25. The predicted molar refractivity (Wildman–Crippen MR) is 90.0 cm³/mol. The van der Waals surface area contributed by atoms with E-state index in [1.54, 1.807) is 0 Å². The highest BCUT2D eigenvalue weighted by Gasteiger charge is 2.27. The van der Waals surface area contributed by atoms with Gasteiger partial charge in [0.05, 0.1) is 0 Å². The van der Waals surface area contributed by atoms with Crippen LogP contribution in [-0.2, 0) is 0 Å². The topological polar surface area (TPSA) is 39.7 Å². The van der Waals surface area contributed by atoms with Crippen molar-refractivity contribution in [3.8, 4) is 0 Å². The summed E-state index contributed by atoms with van der Waals surface area (Å²) >= 11 is 0. The number of guanidine groups is 1. The van der Waals surface area contributed by atoms with Crippen LogP contribution in [0.15, 0.2) is 4.99 Å². The number of unbranched alkanes of at least 4 members (excludes halogenated alkanes) is 1. The smallest absolute Gasteiger partial charge is 0.191 e. The Morgan fingerprint density at radius 3 is 2.39 bits per heavy atom. The second-order valence-electron chi connectivity index (χ2n) is 4.64. The fourth-order valence-corrected chi connectivity index (χ4v) is 1.96. The summed E-state index contributed by atoms with van der Waals surface area (Å²) in [6.45, 7) is 8.72. The van der Waals surface area contributed by atoms with Gasteiger partial charge in [-0.15, -0.1) is 24.0 Å². The number of rotatable bonds is 8. The standard InChI is InChI=1S/C13H28N4.HI/c1-4-6-9-15-13(14-3)16-10-11-17(5-2)12-7-8-12;/h12H,4-11H2,1-3H3,(H2,14,15,16);1H. The summed E-state index contributed by atoms with van der Waals surface area (Å²) < 4.78 is 0. The second-order valence-corrected chi connectivity index (χ2v) is 4.64. The van der Waals surface area contributed by atoms with Crippen LogP contribution in [0.4, 0.5) is 0 Å². The Morgan fingerprint density at radius 1 is 1.22 bits per heavy atom. The molecule has 0 aromatic rings. The monoisotopic (exact) mass is 368 g/mol. The van der Waals surface area contributed by atoms with E-state index in [0.29, 0.717) is 0 Å². The number of nitrogens with zero attached hydrogens (tertiary/aromatic N) is 2. The van der Waals surface area contributed by atoms with Crippen LogP contribution in [0.1, 0.15) is 39.5 Å². The van der Waals surface area contributed by atoms with Crippen molar-refractivity contribution in [2.75, 3.05) is 33.2 Å². The van der Waals surface area contributed by atoms with Crippen molar-refractivity contribution in [1.29, 1.82) is 0 Å². The molecule has 0 saturated heterocycles. The predicted octanol–water partition coefficient (Wildman–Crippen LogP) is 2.05. The molecule has 2 N–H and O–H groups in total. The molecular weight excluding hydrogens is 339 g/mol. The fraction of sp³-hybridized carbons (Fsp3) is 0.923. The van der Waals surface area contributed by atoms with Crippen molar-refractivity contribution >= 4 is 29.9 Å². The van der Waals surface area contributed by atoms with Gasteiger partial charge in [-0.25, -0.2) is 0 Å². The van der Waals surface area contributed by atoms with E-state index in [1.165, 1.54) is 25.7 Å². The second kappa shape index (κ2) is 10.8. The van der Waals surface area contributed by atoms with Gasteiger partial charge in [-0.05, 0) is 25.8 Å². The zero-order valence-electron chi connectivity index (χ0n) is 12.0. The minimum absolute atomic E-state index is 0. The van der Waals surface area contributed by atoms with Gasteiger partial charge in [0.2, 0.25) is 0 Å². The van der Waals surface area contributed by atoms with Crippen LogP contribution in [0.5, 0.6) is 0 Å². The molecule has 0 aromatic heterocycles. The first-order chi connectivity index (χ1) is 8.31. The summed E-state index contributed by atoms with van der Waals surface area (Å²) in [5.41, 5.74) is 0. The van der Waals surface area contributed by atoms with Gasteiger partial charge in [-0.3, -0.25) is 9.89 Å². The fourth-order valence-electron chi connectivity index (χ4n) is 1.96. The Labute approximate surface area is 129 Å². The van der Waals surface area contributed by atoms with E-state index in [2.05, 4.69) is 34.4 Å².